The third-order valence-electron chi connectivity index (χ3n) is 3.26. The molecule has 1 aliphatic rings. The third-order valence-corrected chi connectivity index (χ3v) is 3.26. The smallest absolute Gasteiger partial charge is 0.328 e. The lowest BCUT2D eigenvalue weighted by molar-refractivity contribution is -0.148. The van der Waals surface area contributed by atoms with Crippen LogP contribution in [0.2, 0.25) is 0 Å². The van der Waals surface area contributed by atoms with E-state index in [0.29, 0.717) is 18.0 Å². The van der Waals surface area contributed by atoms with E-state index in [2.05, 4.69) is 0 Å². The van der Waals surface area contributed by atoms with Crippen molar-refractivity contribution in [2.45, 2.75) is 45.9 Å². The minimum absolute atomic E-state index is 0.00130. The fourth-order valence-electron chi connectivity index (χ4n) is 2.37. The number of benzene rings is 1. The number of ether oxygens (including phenoxy) is 2. The Bertz CT molecular complexity index is 502. The zero-order chi connectivity index (χ0) is 14.9. The van der Waals surface area contributed by atoms with Crippen molar-refractivity contribution in [3.05, 3.63) is 18.2 Å². The zero-order valence-corrected chi connectivity index (χ0v) is 12.4. The minimum atomic E-state index is -0.396. The molecule has 0 amide bonds. The molecule has 0 aliphatic carbocycles. The minimum Gasteiger partial charge on any atom is -0.487 e. The molecule has 5 nitrogen and oxygen atoms in total. The van der Waals surface area contributed by atoms with Gasteiger partial charge in [-0.2, -0.15) is 0 Å². The summed E-state index contributed by atoms with van der Waals surface area (Å²) in [4.78, 5) is 14.1. The molecule has 0 spiro atoms. The van der Waals surface area contributed by atoms with Crippen LogP contribution in [0.25, 0.3) is 0 Å². The molecule has 2 rings (SSSR count). The van der Waals surface area contributed by atoms with Crippen molar-refractivity contribution in [2.75, 3.05) is 17.2 Å². The summed E-state index contributed by atoms with van der Waals surface area (Å²) < 4.78 is 11.1. The van der Waals surface area contributed by atoms with Crippen LogP contribution in [-0.2, 0) is 9.53 Å². The van der Waals surface area contributed by atoms with Crippen LogP contribution in [0.4, 0.5) is 11.4 Å². The largest absolute Gasteiger partial charge is 0.487 e. The number of nitrogens with two attached hydrogens (primary N) is 1. The standard InChI is InChI=1S/C15H22N2O3/c1-9(2)19-15(18)11(4)17-8-10(3)20-13-7-5-6-12(16)14(13)17/h5-7,9-11H,8,16H2,1-4H3. The summed E-state index contributed by atoms with van der Waals surface area (Å²) in [5.41, 5.74) is 7.43. The first kappa shape index (κ1) is 14.5. The molecular formula is C15H22N2O3. The van der Waals surface area contributed by atoms with Gasteiger partial charge in [-0.25, -0.2) is 4.79 Å². The van der Waals surface area contributed by atoms with E-state index in [-0.39, 0.29) is 18.2 Å². The molecule has 0 aromatic heterocycles. The Morgan fingerprint density at radius 2 is 2.15 bits per heavy atom. The quantitative estimate of drug-likeness (QED) is 0.678. The lowest BCUT2D eigenvalue weighted by atomic mass is 10.1. The first-order valence-electron chi connectivity index (χ1n) is 6.92. The highest BCUT2D eigenvalue weighted by molar-refractivity contribution is 5.85. The number of esters is 1. The van der Waals surface area contributed by atoms with Gasteiger partial charge < -0.3 is 20.1 Å². The maximum Gasteiger partial charge on any atom is 0.328 e. The highest BCUT2D eigenvalue weighted by Crippen LogP contribution is 2.39. The molecule has 2 N–H and O–H groups in total. The van der Waals surface area contributed by atoms with E-state index in [4.69, 9.17) is 15.2 Å². The van der Waals surface area contributed by atoms with Crippen molar-refractivity contribution in [3.8, 4) is 5.75 Å². The summed E-state index contributed by atoms with van der Waals surface area (Å²) in [6.45, 7) is 8.10. The van der Waals surface area contributed by atoms with Gasteiger partial charge in [0.15, 0.2) is 0 Å². The van der Waals surface area contributed by atoms with Gasteiger partial charge in [-0.1, -0.05) is 6.07 Å². The normalized spacial score (nSPS) is 19.2. The Hall–Kier alpha value is -1.91. The first-order chi connectivity index (χ1) is 9.40. The third kappa shape index (κ3) is 2.81. The summed E-state index contributed by atoms with van der Waals surface area (Å²) in [7, 11) is 0. The number of rotatable bonds is 3. The van der Waals surface area contributed by atoms with E-state index in [1.165, 1.54) is 0 Å². The van der Waals surface area contributed by atoms with Crippen LogP contribution >= 0.6 is 0 Å². The van der Waals surface area contributed by atoms with Crippen molar-refractivity contribution >= 4 is 17.3 Å². The number of nitrogens with zero attached hydrogens (tertiary/aromatic N) is 1. The molecule has 0 saturated carbocycles. The van der Waals surface area contributed by atoms with Gasteiger partial charge in [0.05, 0.1) is 18.3 Å². The Labute approximate surface area is 119 Å². The van der Waals surface area contributed by atoms with Gasteiger partial charge in [-0.3, -0.25) is 0 Å². The van der Waals surface area contributed by atoms with Crippen molar-refractivity contribution < 1.29 is 14.3 Å². The fraction of sp³-hybridized carbons (Fsp3) is 0.533. The van der Waals surface area contributed by atoms with Crippen molar-refractivity contribution in [3.63, 3.8) is 0 Å². The molecule has 1 aliphatic heterocycles. The van der Waals surface area contributed by atoms with E-state index in [9.17, 15) is 4.79 Å². The second-order valence-corrected chi connectivity index (χ2v) is 5.44. The van der Waals surface area contributed by atoms with Crippen LogP contribution in [0.15, 0.2) is 18.2 Å². The molecule has 20 heavy (non-hydrogen) atoms. The van der Waals surface area contributed by atoms with Crippen LogP contribution in [0, 0.1) is 0 Å². The van der Waals surface area contributed by atoms with E-state index < -0.39 is 6.04 Å². The van der Waals surface area contributed by atoms with E-state index >= 15 is 0 Å². The monoisotopic (exact) mass is 278 g/mol. The fourth-order valence-corrected chi connectivity index (χ4v) is 2.37. The van der Waals surface area contributed by atoms with Crippen LogP contribution in [-0.4, -0.2) is 30.8 Å². The van der Waals surface area contributed by atoms with Gasteiger partial charge in [-0.15, -0.1) is 0 Å². The molecule has 2 unspecified atom stereocenters. The molecule has 1 heterocycles. The predicted molar refractivity (Wildman–Crippen MR) is 79.0 cm³/mol. The molecule has 0 saturated heterocycles. The number of nitrogen functional groups attached to an aromatic ring is 1. The topological polar surface area (TPSA) is 64.8 Å². The Balaban J connectivity index is 2.31. The van der Waals surface area contributed by atoms with Gasteiger partial charge in [-0.05, 0) is 39.8 Å². The van der Waals surface area contributed by atoms with Crippen LogP contribution in [0.3, 0.4) is 0 Å². The molecule has 2 atom stereocenters. The maximum atomic E-state index is 12.1. The van der Waals surface area contributed by atoms with E-state index in [1.54, 1.807) is 0 Å². The van der Waals surface area contributed by atoms with Crippen LogP contribution in [0.1, 0.15) is 27.7 Å². The summed E-state index contributed by atoms with van der Waals surface area (Å²) in [5, 5.41) is 0. The number of carbonyl (C=O) groups is 1. The average molecular weight is 278 g/mol. The van der Waals surface area contributed by atoms with Crippen molar-refractivity contribution in [1.82, 2.24) is 0 Å². The Morgan fingerprint density at radius 1 is 1.45 bits per heavy atom. The molecule has 1 aromatic carbocycles. The summed E-state index contributed by atoms with van der Waals surface area (Å²) in [5.74, 6) is 0.469. The van der Waals surface area contributed by atoms with Gasteiger partial charge >= 0.3 is 5.97 Å². The lowest BCUT2D eigenvalue weighted by Crippen LogP contribution is -2.48. The average Bonchev–Trinajstić information content (AvgIpc) is 2.36. The molecule has 0 fully saturated rings. The highest BCUT2D eigenvalue weighted by Gasteiger charge is 2.32. The number of hydrogen-bond acceptors (Lipinski definition) is 5. The molecule has 5 heteroatoms. The summed E-state index contributed by atoms with van der Waals surface area (Å²) >= 11 is 0. The molecule has 0 bridgehead atoms. The SMILES string of the molecule is CC(C)OC(=O)C(C)N1CC(C)Oc2cccc(N)c21. The number of anilines is 2. The Morgan fingerprint density at radius 3 is 2.80 bits per heavy atom. The van der Waals surface area contributed by atoms with E-state index in [1.807, 2.05) is 50.8 Å². The second kappa shape index (κ2) is 5.61. The number of para-hydroxylation sites is 1. The van der Waals surface area contributed by atoms with Crippen molar-refractivity contribution in [1.29, 1.82) is 0 Å². The van der Waals surface area contributed by atoms with Gasteiger partial charge in [0.2, 0.25) is 0 Å². The van der Waals surface area contributed by atoms with Crippen molar-refractivity contribution in [2.24, 2.45) is 0 Å². The van der Waals surface area contributed by atoms with Gasteiger partial charge in [0.1, 0.15) is 23.6 Å². The number of hydrogen-bond donors (Lipinski definition) is 1. The molecule has 0 radical (unpaired) electrons. The molecule has 110 valence electrons. The van der Waals surface area contributed by atoms with E-state index in [0.717, 1.165) is 5.69 Å². The van der Waals surface area contributed by atoms with Crippen LogP contribution in [0.5, 0.6) is 5.75 Å². The lowest BCUT2D eigenvalue weighted by Gasteiger charge is -2.38. The number of fused-ring (bicyclic) bond motifs is 1. The predicted octanol–water partition coefficient (Wildman–Crippen LogP) is 2.20. The summed E-state index contributed by atoms with van der Waals surface area (Å²) in [6.07, 6.45) is -0.130. The molecule has 1 aromatic rings. The highest BCUT2D eigenvalue weighted by atomic mass is 16.5. The summed E-state index contributed by atoms with van der Waals surface area (Å²) in [6, 6.07) is 5.13. The second-order valence-electron chi connectivity index (χ2n) is 5.44. The number of carbonyl (C=O) groups excluding carboxylic acids is 1. The maximum absolute atomic E-state index is 12.1. The van der Waals surface area contributed by atoms with Gasteiger partial charge in [0.25, 0.3) is 0 Å². The van der Waals surface area contributed by atoms with Gasteiger partial charge in [0, 0.05) is 0 Å². The zero-order valence-electron chi connectivity index (χ0n) is 12.4. The Kier molecular flexibility index (Phi) is 4.06. The van der Waals surface area contributed by atoms with Crippen LogP contribution < -0.4 is 15.4 Å². The first-order valence-corrected chi connectivity index (χ1v) is 6.92. The molecular weight excluding hydrogens is 256 g/mol.